The summed E-state index contributed by atoms with van der Waals surface area (Å²) in [5.74, 6) is -0.382. The Morgan fingerprint density at radius 3 is 2.96 bits per heavy atom. The number of hydrogen-bond acceptors (Lipinski definition) is 4. The van der Waals surface area contributed by atoms with E-state index in [4.69, 9.17) is 4.42 Å². The average molecular weight is 314 g/mol. The topological polar surface area (TPSA) is 71.3 Å². The predicted molar refractivity (Wildman–Crippen MR) is 89.6 cm³/mol. The van der Waals surface area contributed by atoms with Gasteiger partial charge in [-0.2, -0.15) is 0 Å². The summed E-state index contributed by atoms with van der Waals surface area (Å²) in [6, 6.07) is 8.97. The zero-order valence-electron chi connectivity index (χ0n) is 13.5. The molecule has 1 aromatic carbocycles. The molecule has 2 N–H and O–H groups in total. The molecule has 23 heavy (non-hydrogen) atoms. The minimum Gasteiger partial charge on any atom is -0.422 e. The van der Waals surface area contributed by atoms with Gasteiger partial charge in [0.15, 0.2) is 0 Å². The molecule has 1 amide bonds. The SMILES string of the molecule is CC1(C)CCCNC1CNC(=O)c1cc2ccccc2oc1=O. The number of nitrogens with one attached hydrogen (secondary N) is 2. The number of para-hydroxylation sites is 1. The van der Waals surface area contributed by atoms with Crippen LogP contribution in [0.3, 0.4) is 0 Å². The standard InChI is InChI=1S/C18H22N2O3/c1-18(2)8-5-9-19-15(18)11-20-16(21)13-10-12-6-3-4-7-14(12)23-17(13)22/h3-4,6-7,10,15,19H,5,8-9,11H2,1-2H3,(H,20,21). The first-order chi connectivity index (χ1) is 11.0. The molecule has 0 spiro atoms. The van der Waals surface area contributed by atoms with Crippen LogP contribution in [0.4, 0.5) is 0 Å². The second-order valence-electron chi connectivity index (χ2n) is 6.79. The maximum atomic E-state index is 12.4. The first-order valence-electron chi connectivity index (χ1n) is 8.02. The van der Waals surface area contributed by atoms with Gasteiger partial charge in [0.1, 0.15) is 11.1 Å². The van der Waals surface area contributed by atoms with Gasteiger partial charge in [-0.25, -0.2) is 4.79 Å². The van der Waals surface area contributed by atoms with E-state index >= 15 is 0 Å². The summed E-state index contributed by atoms with van der Waals surface area (Å²) in [4.78, 5) is 24.4. The molecule has 1 atom stereocenters. The van der Waals surface area contributed by atoms with Gasteiger partial charge < -0.3 is 15.1 Å². The van der Waals surface area contributed by atoms with Crippen LogP contribution in [0.15, 0.2) is 39.5 Å². The third-order valence-corrected chi connectivity index (χ3v) is 4.68. The first-order valence-corrected chi connectivity index (χ1v) is 8.02. The fourth-order valence-electron chi connectivity index (χ4n) is 3.13. The van der Waals surface area contributed by atoms with Gasteiger partial charge in [0.2, 0.25) is 0 Å². The predicted octanol–water partition coefficient (Wildman–Crippen LogP) is 2.30. The van der Waals surface area contributed by atoms with Crippen molar-refractivity contribution in [2.45, 2.75) is 32.7 Å². The molecule has 5 heteroatoms. The van der Waals surface area contributed by atoms with Crippen molar-refractivity contribution in [2.75, 3.05) is 13.1 Å². The molecule has 0 radical (unpaired) electrons. The summed E-state index contributed by atoms with van der Waals surface area (Å²) in [5.41, 5.74) is 0.0677. The number of carbonyl (C=O) groups excluding carboxylic acids is 1. The summed E-state index contributed by atoms with van der Waals surface area (Å²) in [5, 5.41) is 7.06. The molecule has 1 saturated heterocycles. The lowest BCUT2D eigenvalue weighted by Gasteiger charge is -2.39. The molecule has 2 heterocycles. The quantitative estimate of drug-likeness (QED) is 0.853. The minimum atomic E-state index is -0.600. The van der Waals surface area contributed by atoms with Crippen molar-refractivity contribution >= 4 is 16.9 Å². The van der Waals surface area contributed by atoms with E-state index < -0.39 is 5.63 Å². The summed E-state index contributed by atoms with van der Waals surface area (Å²) in [6.07, 6.45) is 2.27. The van der Waals surface area contributed by atoms with E-state index in [-0.39, 0.29) is 22.9 Å². The number of carbonyl (C=O) groups is 1. The van der Waals surface area contributed by atoms with Crippen LogP contribution in [0.5, 0.6) is 0 Å². The zero-order chi connectivity index (χ0) is 16.4. The van der Waals surface area contributed by atoms with E-state index in [1.165, 1.54) is 0 Å². The van der Waals surface area contributed by atoms with Crippen LogP contribution in [0.2, 0.25) is 0 Å². The molecule has 1 unspecified atom stereocenters. The van der Waals surface area contributed by atoms with Crippen LogP contribution in [0.1, 0.15) is 37.0 Å². The Morgan fingerprint density at radius 2 is 2.17 bits per heavy atom. The monoisotopic (exact) mass is 314 g/mol. The molecule has 1 fully saturated rings. The zero-order valence-corrected chi connectivity index (χ0v) is 13.5. The lowest BCUT2D eigenvalue weighted by molar-refractivity contribution is 0.0925. The normalized spacial score (nSPS) is 20.3. The number of benzene rings is 1. The number of rotatable bonds is 3. The van der Waals surface area contributed by atoms with Crippen molar-refractivity contribution in [3.63, 3.8) is 0 Å². The van der Waals surface area contributed by atoms with Gasteiger partial charge in [0.05, 0.1) is 0 Å². The first kappa shape index (κ1) is 15.7. The van der Waals surface area contributed by atoms with Crippen LogP contribution in [-0.4, -0.2) is 25.0 Å². The van der Waals surface area contributed by atoms with Crippen molar-refractivity contribution in [3.05, 3.63) is 46.3 Å². The molecule has 1 aromatic heterocycles. The van der Waals surface area contributed by atoms with E-state index in [1.54, 1.807) is 18.2 Å². The second kappa shape index (κ2) is 6.16. The third kappa shape index (κ3) is 3.29. The Hall–Kier alpha value is -2.14. The van der Waals surface area contributed by atoms with Crippen LogP contribution in [0.25, 0.3) is 11.0 Å². The van der Waals surface area contributed by atoms with E-state index in [1.807, 2.05) is 12.1 Å². The summed E-state index contributed by atoms with van der Waals surface area (Å²) in [6.45, 7) is 5.85. The highest BCUT2D eigenvalue weighted by molar-refractivity contribution is 5.96. The Balaban J connectivity index is 1.76. The van der Waals surface area contributed by atoms with Gasteiger partial charge in [0, 0.05) is 18.0 Å². The average Bonchev–Trinajstić information content (AvgIpc) is 2.52. The van der Waals surface area contributed by atoms with Crippen LogP contribution < -0.4 is 16.3 Å². The molecule has 5 nitrogen and oxygen atoms in total. The summed E-state index contributed by atoms with van der Waals surface area (Å²) < 4.78 is 5.21. The van der Waals surface area contributed by atoms with Crippen molar-refractivity contribution in [2.24, 2.45) is 5.41 Å². The van der Waals surface area contributed by atoms with Gasteiger partial charge in [0.25, 0.3) is 5.91 Å². The van der Waals surface area contributed by atoms with E-state index in [9.17, 15) is 9.59 Å². The third-order valence-electron chi connectivity index (χ3n) is 4.68. The fraction of sp³-hybridized carbons (Fsp3) is 0.444. The highest BCUT2D eigenvalue weighted by Gasteiger charge is 2.32. The Morgan fingerprint density at radius 1 is 1.39 bits per heavy atom. The van der Waals surface area contributed by atoms with Gasteiger partial charge in [-0.05, 0) is 36.9 Å². The molecule has 1 aliphatic heterocycles. The number of hydrogen-bond donors (Lipinski definition) is 2. The number of piperidine rings is 1. The largest absolute Gasteiger partial charge is 0.422 e. The summed E-state index contributed by atoms with van der Waals surface area (Å²) in [7, 11) is 0. The highest BCUT2D eigenvalue weighted by Crippen LogP contribution is 2.29. The molecule has 122 valence electrons. The molecular formula is C18H22N2O3. The lowest BCUT2D eigenvalue weighted by atomic mass is 9.77. The second-order valence-corrected chi connectivity index (χ2v) is 6.79. The van der Waals surface area contributed by atoms with Crippen molar-refractivity contribution in [1.29, 1.82) is 0 Å². The Kier molecular flexibility index (Phi) is 4.22. The van der Waals surface area contributed by atoms with Crippen molar-refractivity contribution in [1.82, 2.24) is 10.6 Å². The molecule has 2 aromatic rings. The maximum absolute atomic E-state index is 12.4. The van der Waals surface area contributed by atoms with Gasteiger partial charge in [-0.15, -0.1) is 0 Å². The molecule has 0 aliphatic carbocycles. The molecule has 0 bridgehead atoms. The molecule has 1 aliphatic rings. The molecule has 3 rings (SSSR count). The minimum absolute atomic E-state index is 0.0531. The fourth-order valence-corrected chi connectivity index (χ4v) is 3.13. The van der Waals surface area contributed by atoms with Crippen molar-refractivity contribution < 1.29 is 9.21 Å². The molecule has 0 saturated carbocycles. The highest BCUT2D eigenvalue weighted by atomic mass is 16.4. The maximum Gasteiger partial charge on any atom is 0.349 e. The van der Waals surface area contributed by atoms with E-state index in [0.29, 0.717) is 12.1 Å². The Bertz CT molecular complexity index is 779. The van der Waals surface area contributed by atoms with Gasteiger partial charge >= 0.3 is 5.63 Å². The van der Waals surface area contributed by atoms with Crippen LogP contribution in [-0.2, 0) is 0 Å². The van der Waals surface area contributed by atoms with Gasteiger partial charge in [-0.1, -0.05) is 32.0 Å². The van der Waals surface area contributed by atoms with Gasteiger partial charge in [-0.3, -0.25) is 4.79 Å². The summed E-state index contributed by atoms with van der Waals surface area (Å²) >= 11 is 0. The number of fused-ring (bicyclic) bond motifs is 1. The smallest absolute Gasteiger partial charge is 0.349 e. The van der Waals surface area contributed by atoms with Crippen molar-refractivity contribution in [3.8, 4) is 0 Å². The van der Waals surface area contributed by atoms with E-state index in [2.05, 4.69) is 24.5 Å². The van der Waals surface area contributed by atoms with E-state index in [0.717, 1.165) is 24.8 Å². The van der Waals surface area contributed by atoms with Crippen LogP contribution >= 0.6 is 0 Å². The Labute approximate surface area is 135 Å². The lowest BCUT2D eigenvalue weighted by Crippen LogP contribution is -2.53. The number of amides is 1. The molecular weight excluding hydrogens is 292 g/mol. The van der Waals surface area contributed by atoms with Crippen LogP contribution in [0, 0.1) is 5.41 Å².